The Morgan fingerprint density at radius 3 is 2.27 bits per heavy atom. The Bertz CT molecular complexity index is 142. The maximum absolute atomic E-state index is 9.93. The van der Waals surface area contributed by atoms with Gasteiger partial charge in [-0.15, -0.1) is 0 Å². The summed E-state index contributed by atoms with van der Waals surface area (Å²) >= 11 is 0. The summed E-state index contributed by atoms with van der Waals surface area (Å²) in [4.78, 5) is 16.1. The molecule has 1 unspecified atom stereocenters. The van der Waals surface area contributed by atoms with Crippen molar-refractivity contribution in [3.63, 3.8) is 0 Å². The van der Waals surface area contributed by atoms with E-state index in [2.05, 4.69) is 4.52 Å². The summed E-state index contributed by atoms with van der Waals surface area (Å²) < 4.78 is 13.8. The van der Waals surface area contributed by atoms with Crippen LogP contribution >= 0.6 is 7.82 Å². The average molecular weight is 214 g/mol. The first-order valence-electron chi connectivity index (χ1n) is 2.44. The predicted molar refractivity (Wildman–Crippen MR) is 39.1 cm³/mol. The Balaban J connectivity index is -0.000000135. The van der Waals surface area contributed by atoms with Gasteiger partial charge in [-0.2, -0.15) is 0 Å². The van der Waals surface area contributed by atoms with Gasteiger partial charge in [0.2, 0.25) is 0 Å². The number of hydrogen-bond donors (Lipinski definition) is 4. The number of phosphoric ester groups is 1. The zero-order valence-electron chi connectivity index (χ0n) is 7.75. The molecule has 0 radical (unpaired) electrons. The molecule has 0 aliphatic carbocycles. The van der Waals surface area contributed by atoms with Crippen LogP contribution in [0.1, 0.15) is 2.85 Å². The first-order valence-corrected chi connectivity index (χ1v) is 3.98. The van der Waals surface area contributed by atoms with Gasteiger partial charge in [0.05, 0.1) is 13.2 Å². The second kappa shape index (κ2) is 6.77. The van der Waals surface area contributed by atoms with Crippen molar-refractivity contribution in [2.75, 3.05) is 13.2 Å². The van der Waals surface area contributed by atoms with Crippen LogP contribution in [0.3, 0.4) is 0 Å². The van der Waals surface area contributed by atoms with Crippen molar-refractivity contribution in [3.05, 3.63) is 0 Å². The van der Waals surface area contributed by atoms with Crippen LogP contribution in [0.5, 0.6) is 0 Å². The molecule has 0 aromatic heterocycles. The largest absolute Gasteiger partial charge is 2.00 e. The fourth-order valence-electron chi connectivity index (χ4n) is 0.236. The molecule has 8 heteroatoms. The molecular weight excluding hydrogens is 203 g/mol. The van der Waals surface area contributed by atoms with E-state index in [4.69, 9.17) is 20.0 Å². The van der Waals surface area contributed by atoms with Gasteiger partial charge >= 0.3 is 45.6 Å². The predicted octanol–water partition coefficient (Wildman–Crippen LogP) is -1.71. The van der Waals surface area contributed by atoms with E-state index >= 15 is 0 Å². The van der Waals surface area contributed by atoms with Gasteiger partial charge in [0.25, 0.3) is 0 Å². The number of aliphatic hydroxyl groups is 2. The monoisotopic (exact) mass is 214 g/mol. The zero-order chi connectivity index (χ0) is 8.20. The van der Waals surface area contributed by atoms with Crippen LogP contribution in [-0.4, -0.2) is 77.1 Å². The maximum Gasteiger partial charge on any atom is 2.00 e. The Labute approximate surface area is 96.4 Å². The van der Waals surface area contributed by atoms with Crippen LogP contribution in [0.2, 0.25) is 0 Å². The molecule has 0 aliphatic rings. The van der Waals surface area contributed by atoms with Crippen LogP contribution < -0.4 is 0 Å². The van der Waals surface area contributed by atoms with Crippen LogP contribution in [0.15, 0.2) is 0 Å². The fourth-order valence-corrected chi connectivity index (χ4v) is 0.602. The number of phosphoric acid groups is 1. The van der Waals surface area contributed by atoms with Gasteiger partial charge in [-0.05, 0) is 0 Å². The average Bonchev–Trinajstić information content (AvgIpc) is 1.81. The molecular formula is C3H11CaO6P. The van der Waals surface area contributed by atoms with Gasteiger partial charge in [-0.1, -0.05) is 0 Å². The molecule has 0 heterocycles. The Kier molecular flexibility index (Phi) is 9.10. The van der Waals surface area contributed by atoms with Crippen LogP contribution in [0, 0.1) is 0 Å². The Morgan fingerprint density at radius 2 is 2.00 bits per heavy atom. The summed E-state index contributed by atoms with van der Waals surface area (Å²) in [5.74, 6) is 0. The minimum Gasteiger partial charge on any atom is -1.00 e. The maximum atomic E-state index is 9.93. The Hall–Kier alpha value is 1.29. The molecule has 0 aromatic carbocycles. The molecule has 11 heavy (non-hydrogen) atoms. The van der Waals surface area contributed by atoms with Crippen molar-refractivity contribution >= 4 is 45.6 Å². The van der Waals surface area contributed by atoms with Crippen LogP contribution in [-0.2, 0) is 9.09 Å². The van der Waals surface area contributed by atoms with Gasteiger partial charge in [0.1, 0.15) is 6.10 Å². The van der Waals surface area contributed by atoms with Crippen molar-refractivity contribution in [1.29, 1.82) is 0 Å². The third-order valence-corrected chi connectivity index (χ3v) is 1.13. The summed E-state index contributed by atoms with van der Waals surface area (Å²) in [6.45, 7) is -1.15. The first kappa shape index (κ1) is 14.8. The third-order valence-electron chi connectivity index (χ3n) is 0.646. The van der Waals surface area contributed by atoms with E-state index in [9.17, 15) is 4.57 Å². The summed E-state index contributed by atoms with van der Waals surface area (Å²) in [5.41, 5.74) is 0. The first-order chi connectivity index (χ1) is 4.45. The van der Waals surface area contributed by atoms with Gasteiger partial charge < -0.3 is 22.9 Å². The molecule has 0 spiro atoms. The van der Waals surface area contributed by atoms with E-state index < -0.39 is 27.1 Å². The second-order valence-electron chi connectivity index (χ2n) is 1.62. The summed E-state index contributed by atoms with van der Waals surface area (Å²) in [6, 6.07) is 0. The van der Waals surface area contributed by atoms with Gasteiger partial charge in [-0.3, -0.25) is 4.52 Å². The fraction of sp³-hybridized carbons (Fsp3) is 1.00. The van der Waals surface area contributed by atoms with Crippen LogP contribution in [0.25, 0.3) is 0 Å². The van der Waals surface area contributed by atoms with Gasteiger partial charge in [0, 0.05) is 0 Å². The molecule has 0 rings (SSSR count). The summed E-state index contributed by atoms with van der Waals surface area (Å²) in [6.07, 6.45) is -1.24. The van der Waals surface area contributed by atoms with E-state index in [1.807, 2.05) is 0 Å². The normalized spacial score (nSPS) is 13.8. The van der Waals surface area contributed by atoms with Crippen molar-refractivity contribution < 1.29 is 31.9 Å². The number of aliphatic hydroxyl groups excluding tert-OH is 2. The van der Waals surface area contributed by atoms with Crippen molar-refractivity contribution in [1.82, 2.24) is 0 Å². The van der Waals surface area contributed by atoms with Crippen molar-refractivity contribution in [3.8, 4) is 0 Å². The number of hydrogen-bond acceptors (Lipinski definition) is 4. The second-order valence-corrected chi connectivity index (χ2v) is 2.86. The molecule has 0 saturated heterocycles. The molecule has 1 atom stereocenters. The van der Waals surface area contributed by atoms with E-state index in [-0.39, 0.29) is 40.6 Å². The molecule has 0 aromatic rings. The topological polar surface area (TPSA) is 107 Å². The van der Waals surface area contributed by atoms with Gasteiger partial charge in [0.15, 0.2) is 0 Å². The van der Waals surface area contributed by atoms with Crippen molar-refractivity contribution in [2.24, 2.45) is 0 Å². The third kappa shape index (κ3) is 11.3. The standard InChI is InChI=1S/C3H9O6P.Ca.2H/c4-1-3(5)2-9-10(6,7)8;;;/h3-5H,1-2H2,(H2,6,7,8);;;/q;+2;2*-1. The summed E-state index contributed by atoms with van der Waals surface area (Å²) in [7, 11) is -4.50. The molecule has 66 valence electrons. The molecule has 0 saturated carbocycles. The van der Waals surface area contributed by atoms with Crippen LogP contribution in [0.4, 0.5) is 0 Å². The molecule has 0 bridgehead atoms. The van der Waals surface area contributed by atoms with E-state index in [1.54, 1.807) is 0 Å². The SMILES string of the molecule is O=P(O)(O)OCC(O)CO.[Ca+2].[H-].[H-]. The minimum absolute atomic E-state index is 0. The van der Waals surface area contributed by atoms with E-state index in [0.717, 1.165) is 0 Å². The van der Waals surface area contributed by atoms with E-state index in [0.29, 0.717) is 0 Å². The summed E-state index contributed by atoms with van der Waals surface area (Å²) in [5, 5.41) is 16.7. The Morgan fingerprint density at radius 1 is 1.55 bits per heavy atom. The minimum atomic E-state index is -4.50. The zero-order valence-corrected chi connectivity index (χ0v) is 8.85. The number of rotatable bonds is 4. The molecule has 4 N–H and O–H groups in total. The molecule has 0 amide bonds. The van der Waals surface area contributed by atoms with Gasteiger partial charge in [-0.25, -0.2) is 4.57 Å². The molecule has 0 aliphatic heterocycles. The molecule has 6 nitrogen and oxygen atoms in total. The van der Waals surface area contributed by atoms with E-state index in [1.165, 1.54) is 0 Å². The molecule has 0 fully saturated rings. The smallest absolute Gasteiger partial charge is 1.00 e. The van der Waals surface area contributed by atoms with Crippen molar-refractivity contribution in [2.45, 2.75) is 6.10 Å². The quantitative estimate of drug-likeness (QED) is 0.328.